The Balaban J connectivity index is 2.18. The minimum absolute atomic E-state index is 0.0878. The van der Waals surface area contributed by atoms with Crippen LogP contribution in [0.3, 0.4) is 0 Å². The summed E-state index contributed by atoms with van der Waals surface area (Å²) in [6.07, 6.45) is 1.94. The van der Waals surface area contributed by atoms with Crippen LogP contribution in [0, 0.1) is 5.41 Å². The minimum Gasteiger partial charge on any atom is -0.390 e. The maximum absolute atomic E-state index is 11.6. The molecule has 0 spiro atoms. The number of aliphatic hydroxyl groups excluding tert-OH is 1. The maximum Gasteiger partial charge on any atom is 0.140 e. The van der Waals surface area contributed by atoms with Gasteiger partial charge in [-0.3, -0.25) is 4.79 Å². The van der Waals surface area contributed by atoms with Crippen molar-refractivity contribution in [1.82, 2.24) is 15.0 Å². The summed E-state index contributed by atoms with van der Waals surface area (Å²) in [7, 11) is 0. The molecule has 0 radical (unpaired) electrons. The van der Waals surface area contributed by atoms with E-state index >= 15 is 0 Å². The van der Waals surface area contributed by atoms with Gasteiger partial charge >= 0.3 is 0 Å². The Kier molecular flexibility index (Phi) is 5.43. The summed E-state index contributed by atoms with van der Waals surface area (Å²) in [5.41, 5.74) is 0.351. The maximum atomic E-state index is 11.6. The number of Topliss-reactive ketones (excluding diaryl/α,β-unsaturated/α-hetero) is 1. The van der Waals surface area contributed by atoms with Crippen LogP contribution in [-0.2, 0) is 22.7 Å². The van der Waals surface area contributed by atoms with E-state index in [2.05, 4.69) is 10.3 Å². The first kappa shape index (κ1) is 14.8. The molecule has 0 aromatic carbocycles. The highest BCUT2D eigenvalue weighted by molar-refractivity contribution is 5.83. The van der Waals surface area contributed by atoms with Crippen molar-refractivity contribution in [3.63, 3.8) is 0 Å². The molecule has 1 N–H and O–H groups in total. The van der Waals surface area contributed by atoms with Crippen molar-refractivity contribution in [2.24, 2.45) is 5.41 Å². The summed E-state index contributed by atoms with van der Waals surface area (Å²) in [6.45, 7) is 7.01. The molecule has 1 rings (SSSR count). The SMILES string of the molecule is CC(C)(C)C(=O)CCOCCn1nncc1CO. The van der Waals surface area contributed by atoms with E-state index in [9.17, 15) is 4.79 Å². The first-order valence-electron chi connectivity index (χ1n) is 6.04. The van der Waals surface area contributed by atoms with E-state index in [0.717, 1.165) is 0 Å². The van der Waals surface area contributed by atoms with Crippen LogP contribution < -0.4 is 0 Å². The number of carbonyl (C=O) groups excluding carboxylic acids is 1. The van der Waals surface area contributed by atoms with Gasteiger partial charge in [0.1, 0.15) is 5.78 Å². The number of ketones is 1. The standard InChI is InChI=1S/C12H21N3O3/c1-12(2,3)11(17)4-6-18-7-5-15-10(9-16)8-13-14-15/h8,16H,4-7,9H2,1-3H3. The fourth-order valence-electron chi connectivity index (χ4n) is 1.38. The predicted octanol–water partition coefficient (Wildman–Crippen LogP) is 0.792. The van der Waals surface area contributed by atoms with Crippen molar-refractivity contribution in [2.75, 3.05) is 13.2 Å². The van der Waals surface area contributed by atoms with Crippen LogP contribution in [0.4, 0.5) is 0 Å². The van der Waals surface area contributed by atoms with Gasteiger partial charge < -0.3 is 9.84 Å². The summed E-state index contributed by atoms with van der Waals surface area (Å²) in [4.78, 5) is 11.6. The molecule has 0 aliphatic rings. The molecule has 0 aliphatic heterocycles. The highest BCUT2D eigenvalue weighted by atomic mass is 16.5. The van der Waals surface area contributed by atoms with E-state index in [4.69, 9.17) is 9.84 Å². The zero-order chi connectivity index (χ0) is 13.6. The number of aliphatic hydroxyl groups is 1. The van der Waals surface area contributed by atoms with Crippen LogP contribution in [-0.4, -0.2) is 39.1 Å². The van der Waals surface area contributed by atoms with Crippen molar-refractivity contribution in [3.8, 4) is 0 Å². The zero-order valence-electron chi connectivity index (χ0n) is 11.2. The molecule has 0 amide bonds. The lowest BCUT2D eigenvalue weighted by Crippen LogP contribution is -2.22. The smallest absolute Gasteiger partial charge is 0.140 e. The van der Waals surface area contributed by atoms with Gasteiger partial charge in [-0.25, -0.2) is 4.68 Å². The van der Waals surface area contributed by atoms with Crippen LogP contribution >= 0.6 is 0 Å². The third-order valence-corrected chi connectivity index (χ3v) is 2.62. The monoisotopic (exact) mass is 255 g/mol. The topological polar surface area (TPSA) is 77.2 Å². The van der Waals surface area contributed by atoms with Gasteiger partial charge in [0.15, 0.2) is 0 Å². The predicted molar refractivity (Wildman–Crippen MR) is 65.8 cm³/mol. The Labute approximate surface area is 107 Å². The van der Waals surface area contributed by atoms with Crippen LogP contribution in [0.5, 0.6) is 0 Å². The Morgan fingerprint density at radius 2 is 2.17 bits per heavy atom. The second-order valence-electron chi connectivity index (χ2n) is 5.14. The second-order valence-corrected chi connectivity index (χ2v) is 5.14. The van der Waals surface area contributed by atoms with E-state index in [1.165, 1.54) is 6.20 Å². The van der Waals surface area contributed by atoms with Crippen molar-refractivity contribution >= 4 is 5.78 Å². The number of hydrogen-bond acceptors (Lipinski definition) is 5. The first-order valence-corrected chi connectivity index (χ1v) is 6.04. The van der Waals surface area contributed by atoms with E-state index in [0.29, 0.717) is 31.9 Å². The molecule has 18 heavy (non-hydrogen) atoms. The molecule has 102 valence electrons. The van der Waals surface area contributed by atoms with Crippen LogP contribution in [0.2, 0.25) is 0 Å². The van der Waals surface area contributed by atoms with E-state index < -0.39 is 0 Å². The van der Waals surface area contributed by atoms with Gasteiger partial charge in [0.25, 0.3) is 0 Å². The molecule has 1 heterocycles. The average Bonchev–Trinajstić information content (AvgIpc) is 2.74. The van der Waals surface area contributed by atoms with Gasteiger partial charge in [0, 0.05) is 11.8 Å². The number of carbonyl (C=O) groups is 1. The summed E-state index contributed by atoms with van der Waals surface area (Å²) >= 11 is 0. The molecule has 1 aromatic heterocycles. The molecular formula is C12H21N3O3. The second kappa shape index (κ2) is 6.61. The highest BCUT2D eigenvalue weighted by Crippen LogP contribution is 2.16. The third kappa shape index (κ3) is 4.54. The minimum atomic E-state index is -0.306. The first-order chi connectivity index (χ1) is 8.45. The average molecular weight is 255 g/mol. The van der Waals surface area contributed by atoms with Crippen molar-refractivity contribution in [2.45, 2.75) is 40.3 Å². The molecule has 0 aliphatic carbocycles. The number of ether oxygens (including phenoxy) is 1. The normalized spacial score (nSPS) is 11.8. The summed E-state index contributed by atoms with van der Waals surface area (Å²) in [5.74, 6) is 0.194. The fourth-order valence-corrected chi connectivity index (χ4v) is 1.38. The molecule has 6 nitrogen and oxygen atoms in total. The van der Waals surface area contributed by atoms with E-state index in [1.807, 2.05) is 20.8 Å². The molecule has 0 saturated heterocycles. The summed E-state index contributed by atoms with van der Waals surface area (Å²) in [5, 5.41) is 16.5. The Morgan fingerprint density at radius 3 is 2.78 bits per heavy atom. The number of aromatic nitrogens is 3. The lowest BCUT2D eigenvalue weighted by molar-refractivity contribution is -0.127. The van der Waals surface area contributed by atoms with Gasteiger partial charge in [0.2, 0.25) is 0 Å². The zero-order valence-corrected chi connectivity index (χ0v) is 11.2. The molecule has 6 heteroatoms. The molecule has 0 bridgehead atoms. The van der Waals surface area contributed by atoms with Crippen LogP contribution in [0.1, 0.15) is 32.9 Å². The molecule has 0 saturated carbocycles. The fraction of sp³-hybridized carbons (Fsp3) is 0.750. The lowest BCUT2D eigenvalue weighted by atomic mass is 9.89. The number of hydrogen-bond donors (Lipinski definition) is 1. The van der Waals surface area contributed by atoms with Crippen LogP contribution in [0.25, 0.3) is 0 Å². The van der Waals surface area contributed by atoms with Gasteiger partial charge in [0.05, 0.1) is 38.3 Å². The quantitative estimate of drug-likeness (QED) is 0.729. The van der Waals surface area contributed by atoms with Crippen molar-refractivity contribution in [1.29, 1.82) is 0 Å². The van der Waals surface area contributed by atoms with Gasteiger partial charge in [-0.2, -0.15) is 0 Å². The van der Waals surface area contributed by atoms with Crippen LogP contribution in [0.15, 0.2) is 6.20 Å². The van der Waals surface area contributed by atoms with Crippen molar-refractivity contribution in [3.05, 3.63) is 11.9 Å². The largest absolute Gasteiger partial charge is 0.390 e. The van der Waals surface area contributed by atoms with Crippen molar-refractivity contribution < 1.29 is 14.6 Å². The van der Waals surface area contributed by atoms with E-state index in [1.54, 1.807) is 4.68 Å². The molecule has 0 atom stereocenters. The van der Waals surface area contributed by atoms with E-state index in [-0.39, 0.29) is 17.8 Å². The molecule has 1 aromatic rings. The van der Waals surface area contributed by atoms with Gasteiger partial charge in [-0.1, -0.05) is 26.0 Å². The lowest BCUT2D eigenvalue weighted by Gasteiger charge is -2.16. The molecule has 0 unspecified atom stereocenters. The highest BCUT2D eigenvalue weighted by Gasteiger charge is 2.20. The molecule has 0 fully saturated rings. The number of rotatable bonds is 7. The Bertz CT molecular complexity index is 382. The third-order valence-electron chi connectivity index (χ3n) is 2.62. The number of nitrogens with zero attached hydrogens (tertiary/aromatic N) is 3. The molecular weight excluding hydrogens is 234 g/mol. The van der Waals surface area contributed by atoms with Gasteiger partial charge in [-0.05, 0) is 0 Å². The summed E-state index contributed by atoms with van der Waals surface area (Å²) in [6, 6.07) is 0. The van der Waals surface area contributed by atoms with Gasteiger partial charge in [-0.15, -0.1) is 5.10 Å². The Morgan fingerprint density at radius 1 is 1.44 bits per heavy atom. The Hall–Kier alpha value is -1.27. The summed E-state index contributed by atoms with van der Waals surface area (Å²) < 4.78 is 6.97.